The van der Waals surface area contributed by atoms with E-state index in [0.29, 0.717) is 0 Å². The normalized spacial score (nSPS) is 10.4. The van der Waals surface area contributed by atoms with Gasteiger partial charge < -0.3 is 5.73 Å². The fraction of sp³-hybridized carbons (Fsp3) is 0.0909. The standard InChI is InChI=1S/C11H10FN5O2/c12-10-7(2-1-3-9(10)11(13)14)5-16-6-8(4-15-16)17(18)19/h1-4,6H,5H2,(H3,13,14). The van der Waals surface area contributed by atoms with Crippen molar-refractivity contribution in [3.63, 3.8) is 0 Å². The van der Waals surface area contributed by atoms with Gasteiger partial charge in [0.25, 0.3) is 0 Å². The summed E-state index contributed by atoms with van der Waals surface area (Å²) in [5.74, 6) is -0.987. The lowest BCUT2D eigenvalue weighted by molar-refractivity contribution is -0.385. The number of rotatable bonds is 4. The fourth-order valence-electron chi connectivity index (χ4n) is 1.62. The van der Waals surface area contributed by atoms with Crippen LogP contribution in [0.1, 0.15) is 11.1 Å². The first kappa shape index (κ1) is 12.7. The second-order valence-corrected chi connectivity index (χ2v) is 3.85. The number of hydrogen-bond acceptors (Lipinski definition) is 4. The summed E-state index contributed by atoms with van der Waals surface area (Å²) in [5, 5.41) is 21.5. The van der Waals surface area contributed by atoms with Crippen molar-refractivity contribution in [2.24, 2.45) is 5.73 Å². The van der Waals surface area contributed by atoms with Gasteiger partial charge in [0, 0.05) is 5.56 Å². The Bertz CT molecular complexity index is 652. The van der Waals surface area contributed by atoms with E-state index < -0.39 is 10.7 Å². The number of aromatic nitrogens is 2. The van der Waals surface area contributed by atoms with Crippen LogP contribution < -0.4 is 5.73 Å². The van der Waals surface area contributed by atoms with Gasteiger partial charge in [-0.3, -0.25) is 20.2 Å². The van der Waals surface area contributed by atoms with Gasteiger partial charge in [-0.1, -0.05) is 12.1 Å². The molecule has 0 saturated heterocycles. The minimum Gasteiger partial charge on any atom is -0.384 e. The number of benzene rings is 1. The van der Waals surface area contributed by atoms with E-state index in [1.807, 2.05) is 0 Å². The van der Waals surface area contributed by atoms with Crippen molar-refractivity contribution in [1.29, 1.82) is 5.41 Å². The maximum Gasteiger partial charge on any atom is 0.307 e. The molecule has 0 radical (unpaired) electrons. The van der Waals surface area contributed by atoms with Crippen LogP contribution in [0.3, 0.4) is 0 Å². The third kappa shape index (κ3) is 2.57. The molecule has 1 aromatic heterocycles. The fourth-order valence-corrected chi connectivity index (χ4v) is 1.62. The second kappa shape index (κ2) is 4.84. The number of halogens is 1. The lowest BCUT2D eigenvalue weighted by atomic mass is 10.1. The van der Waals surface area contributed by atoms with Crippen molar-refractivity contribution >= 4 is 11.5 Å². The third-order valence-corrected chi connectivity index (χ3v) is 2.53. The van der Waals surface area contributed by atoms with Gasteiger partial charge in [0.15, 0.2) is 0 Å². The van der Waals surface area contributed by atoms with E-state index in [1.165, 1.54) is 23.0 Å². The molecule has 0 saturated carbocycles. The molecule has 0 amide bonds. The van der Waals surface area contributed by atoms with Gasteiger partial charge in [-0.05, 0) is 6.07 Å². The Morgan fingerprint density at radius 2 is 2.32 bits per heavy atom. The van der Waals surface area contributed by atoms with Gasteiger partial charge in [0.1, 0.15) is 24.0 Å². The molecule has 3 N–H and O–H groups in total. The van der Waals surface area contributed by atoms with Crippen LogP contribution in [-0.2, 0) is 6.54 Å². The highest BCUT2D eigenvalue weighted by Gasteiger charge is 2.13. The molecule has 1 aromatic carbocycles. The first-order chi connectivity index (χ1) is 8.99. The predicted octanol–water partition coefficient (Wildman–Crippen LogP) is 1.26. The van der Waals surface area contributed by atoms with Crippen molar-refractivity contribution in [1.82, 2.24) is 9.78 Å². The van der Waals surface area contributed by atoms with Crippen molar-refractivity contribution in [3.8, 4) is 0 Å². The van der Waals surface area contributed by atoms with Gasteiger partial charge >= 0.3 is 5.69 Å². The molecular formula is C11H10FN5O2. The van der Waals surface area contributed by atoms with Gasteiger partial charge in [-0.2, -0.15) is 5.10 Å². The molecule has 8 heteroatoms. The van der Waals surface area contributed by atoms with E-state index in [1.54, 1.807) is 6.07 Å². The molecule has 0 unspecified atom stereocenters. The van der Waals surface area contributed by atoms with E-state index in [2.05, 4.69) is 5.10 Å². The van der Waals surface area contributed by atoms with E-state index in [0.717, 1.165) is 6.20 Å². The van der Waals surface area contributed by atoms with Crippen LogP contribution in [0.25, 0.3) is 0 Å². The summed E-state index contributed by atoms with van der Waals surface area (Å²) >= 11 is 0. The van der Waals surface area contributed by atoms with Crippen LogP contribution in [0.4, 0.5) is 10.1 Å². The highest BCUT2D eigenvalue weighted by Crippen LogP contribution is 2.15. The van der Waals surface area contributed by atoms with Gasteiger partial charge in [-0.15, -0.1) is 0 Å². The summed E-state index contributed by atoms with van der Waals surface area (Å²) in [6, 6.07) is 4.47. The highest BCUT2D eigenvalue weighted by molar-refractivity contribution is 5.95. The first-order valence-corrected chi connectivity index (χ1v) is 5.27. The monoisotopic (exact) mass is 263 g/mol. The maximum atomic E-state index is 14.0. The molecule has 0 bridgehead atoms. The number of nitrogens with two attached hydrogens (primary N) is 1. The molecular weight excluding hydrogens is 253 g/mol. The molecule has 0 aliphatic rings. The molecule has 0 fully saturated rings. The molecule has 2 rings (SSSR count). The molecule has 19 heavy (non-hydrogen) atoms. The maximum absolute atomic E-state index is 14.0. The summed E-state index contributed by atoms with van der Waals surface area (Å²) < 4.78 is 15.2. The highest BCUT2D eigenvalue weighted by atomic mass is 19.1. The van der Waals surface area contributed by atoms with E-state index in [9.17, 15) is 14.5 Å². The minimum absolute atomic E-state index is 0.000782. The van der Waals surface area contributed by atoms with Crippen molar-refractivity contribution in [2.75, 3.05) is 0 Å². The third-order valence-electron chi connectivity index (χ3n) is 2.53. The predicted molar refractivity (Wildman–Crippen MR) is 65.4 cm³/mol. The zero-order chi connectivity index (χ0) is 14.0. The largest absolute Gasteiger partial charge is 0.384 e. The average Bonchev–Trinajstić information content (AvgIpc) is 2.80. The Morgan fingerprint density at radius 1 is 1.58 bits per heavy atom. The van der Waals surface area contributed by atoms with Crippen molar-refractivity contribution in [2.45, 2.75) is 6.54 Å². The summed E-state index contributed by atoms with van der Waals surface area (Å²) in [7, 11) is 0. The number of nitro groups is 1. The number of hydrogen-bond donors (Lipinski definition) is 2. The van der Waals surface area contributed by atoms with Crippen LogP contribution in [-0.4, -0.2) is 20.5 Å². The minimum atomic E-state index is -0.617. The SMILES string of the molecule is N=C(N)c1cccc(Cn2cc([N+](=O)[O-])cn2)c1F. The van der Waals surface area contributed by atoms with Crippen LogP contribution in [0.15, 0.2) is 30.6 Å². The van der Waals surface area contributed by atoms with E-state index >= 15 is 0 Å². The Kier molecular flexibility index (Phi) is 3.23. The molecule has 0 aliphatic carbocycles. The van der Waals surface area contributed by atoms with Crippen molar-refractivity contribution in [3.05, 3.63) is 57.7 Å². The molecule has 0 spiro atoms. The van der Waals surface area contributed by atoms with Gasteiger partial charge in [0.05, 0.1) is 17.0 Å². The Morgan fingerprint density at radius 3 is 2.89 bits per heavy atom. The Hall–Kier alpha value is -2.77. The molecule has 1 heterocycles. The van der Waals surface area contributed by atoms with Gasteiger partial charge in [0.2, 0.25) is 0 Å². The first-order valence-electron chi connectivity index (χ1n) is 5.27. The lowest BCUT2D eigenvalue weighted by Crippen LogP contribution is -2.15. The zero-order valence-corrected chi connectivity index (χ0v) is 9.71. The van der Waals surface area contributed by atoms with E-state index in [4.69, 9.17) is 11.1 Å². The molecule has 0 aliphatic heterocycles. The zero-order valence-electron chi connectivity index (χ0n) is 9.71. The number of nitrogens with one attached hydrogen (secondary N) is 1. The number of amidine groups is 1. The summed E-state index contributed by atoms with van der Waals surface area (Å²) in [6.45, 7) is 0.0286. The average molecular weight is 263 g/mol. The topological polar surface area (TPSA) is 111 Å². The quantitative estimate of drug-likeness (QED) is 0.374. The molecule has 2 aromatic rings. The van der Waals surface area contributed by atoms with Crippen LogP contribution in [0.5, 0.6) is 0 Å². The summed E-state index contributed by atoms with van der Waals surface area (Å²) in [4.78, 5) is 9.93. The molecule has 7 nitrogen and oxygen atoms in total. The van der Waals surface area contributed by atoms with Crippen LogP contribution >= 0.6 is 0 Å². The van der Waals surface area contributed by atoms with E-state index in [-0.39, 0.29) is 29.2 Å². The Labute approximate surface area is 107 Å². The second-order valence-electron chi connectivity index (χ2n) is 3.85. The van der Waals surface area contributed by atoms with Crippen molar-refractivity contribution < 1.29 is 9.31 Å². The van der Waals surface area contributed by atoms with Gasteiger partial charge in [-0.25, -0.2) is 4.39 Å². The number of nitrogens with zero attached hydrogens (tertiary/aromatic N) is 3. The number of nitrogen functional groups attached to an aromatic ring is 1. The smallest absolute Gasteiger partial charge is 0.307 e. The van der Waals surface area contributed by atoms with Crippen LogP contribution in [0, 0.1) is 21.3 Å². The lowest BCUT2D eigenvalue weighted by Gasteiger charge is -2.07. The summed E-state index contributed by atoms with van der Waals surface area (Å²) in [6.07, 6.45) is 2.30. The Balaban J connectivity index is 2.30. The molecule has 98 valence electrons. The summed E-state index contributed by atoms with van der Waals surface area (Å²) in [5.41, 5.74) is 5.34. The molecule has 0 atom stereocenters. The van der Waals surface area contributed by atoms with Crippen LogP contribution in [0.2, 0.25) is 0 Å².